The Morgan fingerprint density at radius 2 is 2.42 bits per heavy atom. The van der Waals surface area contributed by atoms with Crippen LogP contribution in [-0.2, 0) is 0 Å². The average Bonchev–Trinajstić information content (AvgIpc) is 2.89. The standard InChI is InChI=1S/C11H13N5O2S/c1-2-7(9-4-3-5-19-9)14-10-8(16(17)18)6-13-11(12)15-10/h3-7H,2H2,1H3,(H3,12,13,14,15). The first-order valence-electron chi connectivity index (χ1n) is 5.68. The first-order chi connectivity index (χ1) is 9.11. The van der Waals surface area contributed by atoms with E-state index in [0.29, 0.717) is 0 Å². The van der Waals surface area contributed by atoms with Crippen LogP contribution < -0.4 is 11.1 Å². The fraction of sp³-hybridized carbons (Fsp3) is 0.273. The lowest BCUT2D eigenvalue weighted by Gasteiger charge is -2.15. The maximum Gasteiger partial charge on any atom is 0.329 e. The van der Waals surface area contributed by atoms with E-state index in [0.717, 1.165) is 17.5 Å². The Kier molecular flexibility index (Phi) is 3.91. The van der Waals surface area contributed by atoms with Gasteiger partial charge >= 0.3 is 5.69 Å². The molecule has 2 rings (SSSR count). The minimum Gasteiger partial charge on any atom is -0.368 e. The number of aromatic nitrogens is 2. The van der Waals surface area contributed by atoms with E-state index in [1.54, 1.807) is 11.3 Å². The number of nitro groups is 1. The van der Waals surface area contributed by atoms with Crippen LogP contribution >= 0.6 is 11.3 Å². The molecule has 0 radical (unpaired) electrons. The summed E-state index contributed by atoms with van der Waals surface area (Å²) in [5.41, 5.74) is 5.30. The van der Waals surface area contributed by atoms with Crippen LogP contribution in [0.4, 0.5) is 17.5 Å². The fourth-order valence-corrected chi connectivity index (χ4v) is 2.52. The van der Waals surface area contributed by atoms with Crippen molar-refractivity contribution in [2.75, 3.05) is 11.1 Å². The van der Waals surface area contributed by atoms with Gasteiger partial charge in [-0.05, 0) is 17.9 Å². The monoisotopic (exact) mass is 279 g/mol. The summed E-state index contributed by atoms with van der Waals surface area (Å²) in [4.78, 5) is 19.1. The predicted molar refractivity (Wildman–Crippen MR) is 74.1 cm³/mol. The van der Waals surface area contributed by atoms with Crippen LogP contribution in [0.1, 0.15) is 24.3 Å². The van der Waals surface area contributed by atoms with Crippen LogP contribution in [0, 0.1) is 10.1 Å². The summed E-state index contributed by atoms with van der Waals surface area (Å²) >= 11 is 1.59. The van der Waals surface area contributed by atoms with E-state index in [4.69, 9.17) is 5.73 Å². The van der Waals surface area contributed by atoms with E-state index in [1.165, 1.54) is 0 Å². The third kappa shape index (κ3) is 2.97. The van der Waals surface area contributed by atoms with Gasteiger partial charge in [-0.25, -0.2) is 4.98 Å². The molecule has 0 saturated heterocycles. The number of hydrogen-bond acceptors (Lipinski definition) is 7. The molecule has 100 valence electrons. The summed E-state index contributed by atoms with van der Waals surface area (Å²) in [5, 5.41) is 16.0. The molecule has 8 heteroatoms. The number of hydrogen-bond donors (Lipinski definition) is 2. The number of nitrogens with two attached hydrogens (primary N) is 1. The molecule has 0 bridgehead atoms. The molecule has 7 nitrogen and oxygen atoms in total. The summed E-state index contributed by atoms with van der Waals surface area (Å²) in [5.74, 6) is 0.159. The largest absolute Gasteiger partial charge is 0.368 e. The van der Waals surface area contributed by atoms with Crippen molar-refractivity contribution in [3.8, 4) is 0 Å². The molecular weight excluding hydrogens is 266 g/mol. The molecule has 2 aromatic heterocycles. The van der Waals surface area contributed by atoms with E-state index < -0.39 is 4.92 Å². The highest BCUT2D eigenvalue weighted by molar-refractivity contribution is 7.10. The van der Waals surface area contributed by atoms with Gasteiger partial charge in [-0.15, -0.1) is 11.3 Å². The Morgan fingerprint density at radius 1 is 1.63 bits per heavy atom. The summed E-state index contributed by atoms with van der Waals surface area (Å²) in [7, 11) is 0. The Morgan fingerprint density at radius 3 is 3.00 bits per heavy atom. The van der Waals surface area contributed by atoms with Crippen LogP contribution in [0.2, 0.25) is 0 Å². The lowest BCUT2D eigenvalue weighted by atomic mass is 10.2. The molecule has 3 N–H and O–H groups in total. The van der Waals surface area contributed by atoms with E-state index in [2.05, 4.69) is 15.3 Å². The highest BCUT2D eigenvalue weighted by Crippen LogP contribution is 2.29. The topological polar surface area (TPSA) is 107 Å². The van der Waals surface area contributed by atoms with Crippen molar-refractivity contribution in [2.24, 2.45) is 0 Å². The van der Waals surface area contributed by atoms with Crippen molar-refractivity contribution in [3.63, 3.8) is 0 Å². The minimum atomic E-state index is -0.525. The molecule has 0 fully saturated rings. The average molecular weight is 279 g/mol. The minimum absolute atomic E-state index is 0.00846. The Hall–Kier alpha value is -2.22. The van der Waals surface area contributed by atoms with Gasteiger partial charge in [-0.3, -0.25) is 10.1 Å². The van der Waals surface area contributed by atoms with Gasteiger partial charge in [0.2, 0.25) is 11.8 Å². The van der Waals surface area contributed by atoms with Crippen molar-refractivity contribution < 1.29 is 4.92 Å². The number of anilines is 2. The predicted octanol–water partition coefficient (Wildman–Crippen LogP) is 2.59. The zero-order chi connectivity index (χ0) is 13.8. The van der Waals surface area contributed by atoms with Gasteiger partial charge in [-0.2, -0.15) is 4.98 Å². The zero-order valence-corrected chi connectivity index (χ0v) is 11.1. The lowest BCUT2D eigenvalue weighted by molar-refractivity contribution is -0.384. The number of nitrogen functional groups attached to an aromatic ring is 1. The quantitative estimate of drug-likeness (QED) is 0.643. The molecule has 0 aromatic carbocycles. The van der Waals surface area contributed by atoms with Crippen molar-refractivity contribution in [2.45, 2.75) is 19.4 Å². The molecule has 0 aliphatic carbocycles. The van der Waals surface area contributed by atoms with Crippen LogP contribution in [0.5, 0.6) is 0 Å². The van der Waals surface area contributed by atoms with Crippen molar-refractivity contribution in [1.29, 1.82) is 0 Å². The van der Waals surface area contributed by atoms with Gasteiger partial charge in [0.25, 0.3) is 0 Å². The third-order valence-electron chi connectivity index (χ3n) is 2.59. The maximum absolute atomic E-state index is 10.9. The molecule has 0 aliphatic rings. The third-order valence-corrected chi connectivity index (χ3v) is 3.58. The van der Waals surface area contributed by atoms with E-state index in [1.807, 2.05) is 24.4 Å². The molecule has 0 amide bonds. The molecule has 0 saturated carbocycles. The number of nitrogens with one attached hydrogen (secondary N) is 1. The summed E-state index contributed by atoms with van der Waals surface area (Å²) in [6, 6.07) is 3.88. The molecule has 1 atom stereocenters. The number of thiophene rings is 1. The lowest BCUT2D eigenvalue weighted by Crippen LogP contribution is -2.12. The van der Waals surface area contributed by atoms with Gasteiger partial charge in [0, 0.05) is 4.88 Å². The van der Waals surface area contributed by atoms with Crippen molar-refractivity contribution in [3.05, 3.63) is 38.7 Å². The molecule has 19 heavy (non-hydrogen) atoms. The first kappa shape index (κ1) is 13.2. The van der Waals surface area contributed by atoms with Crippen molar-refractivity contribution >= 4 is 28.8 Å². The van der Waals surface area contributed by atoms with Crippen LogP contribution in [0.3, 0.4) is 0 Å². The van der Waals surface area contributed by atoms with Gasteiger partial charge in [-0.1, -0.05) is 13.0 Å². The number of nitrogens with zero attached hydrogens (tertiary/aromatic N) is 3. The van der Waals surface area contributed by atoms with Gasteiger partial charge in [0.1, 0.15) is 6.20 Å². The Balaban J connectivity index is 2.31. The molecule has 1 unspecified atom stereocenters. The molecule has 2 aromatic rings. The molecule has 0 spiro atoms. The molecular formula is C11H13N5O2S. The first-order valence-corrected chi connectivity index (χ1v) is 6.56. The second kappa shape index (κ2) is 5.61. The highest BCUT2D eigenvalue weighted by atomic mass is 32.1. The van der Waals surface area contributed by atoms with Gasteiger partial charge < -0.3 is 11.1 Å². The van der Waals surface area contributed by atoms with E-state index in [-0.39, 0.29) is 23.5 Å². The van der Waals surface area contributed by atoms with Crippen LogP contribution in [0.25, 0.3) is 0 Å². The summed E-state index contributed by atoms with van der Waals surface area (Å²) in [6.45, 7) is 1.99. The fourth-order valence-electron chi connectivity index (χ4n) is 1.66. The summed E-state index contributed by atoms with van der Waals surface area (Å²) in [6.07, 6.45) is 1.90. The van der Waals surface area contributed by atoms with E-state index in [9.17, 15) is 10.1 Å². The Labute approximate surface area is 113 Å². The maximum atomic E-state index is 10.9. The summed E-state index contributed by atoms with van der Waals surface area (Å²) < 4.78 is 0. The van der Waals surface area contributed by atoms with Gasteiger partial charge in [0.05, 0.1) is 11.0 Å². The SMILES string of the molecule is CCC(Nc1nc(N)ncc1[N+](=O)[O-])c1cccs1. The van der Waals surface area contributed by atoms with Crippen molar-refractivity contribution in [1.82, 2.24) is 9.97 Å². The molecule has 2 heterocycles. The second-order valence-corrected chi connectivity index (χ2v) is 4.82. The number of rotatable bonds is 5. The van der Waals surface area contributed by atoms with E-state index >= 15 is 0 Å². The highest BCUT2D eigenvalue weighted by Gasteiger charge is 2.20. The smallest absolute Gasteiger partial charge is 0.329 e. The zero-order valence-electron chi connectivity index (χ0n) is 10.2. The van der Waals surface area contributed by atoms with Crippen LogP contribution in [-0.4, -0.2) is 14.9 Å². The molecule has 0 aliphatic heterocycles. The Bertz CT molecular complexity index is 572. The normalized spacial score (nSPS) is 12.1. The van der Waals surface area contributed by atoms with Gasteiger partial charge in [0.15, 0.2) is 0 Å². The second-order valence-electron chi connectivity index (χ2n) is 3.84. The van der Waals surface area contributed by atoms with Crippen LogP contribution in [0.15, 0.2) is 23.7 Å².